The molecule has 0 heterocycles. The summed E-state index contributed by atoms with van der Waals surface area (Å²) in [5.74, 6) is -1.00. The third-order valence-electron chi connectivity index (χ3n) is 4.02. The highest BCUT2D eigenvalue weighted by atomic mass is 35.5. The van der Waals surface area contributed by atoms with E-state index in [2.05, 4.69) is 10.5 Å². The number of ether oxygens (including phenoxy) is 2. The number of amides is 1. The van der Waals surface area contributed by atoms with Gasteiger partial charge in [0.15, 0.2) is 12.4 Å². The summed E-state index contributed by atoms with van der Waals surface area (Å²) in [7, 11) is 0. The maximum atomic E-state index is 12.3. The number of para-hydroxylation sites is 3. The molecular weight excluding hydrogens is 438 g/mol. The van der Waals surface area contributed by atoms with Crippen molar-refractivity contribution >= 4 is 35.4 Å². The van der Waals surface area contributed by atoms with Gasteiger partial charge in [0.1, 0.15) is 5.75 Å². The van der Waals surface area contributed by atoms with Crippen molar-refractivity contribution in [3.63, 3.8) is 0 Å². The summed E-state index contributed by atoms with van der Waals surface area (Å²) in [5, 5.41) is 15.3. The molecule has 0 aliphatic heterocycles. The van der Waals surface area contributed by atoms with Crippen LogP contribution >= 0.6 is 11.6 Å². The van der Waals surface area contributed by atoms with Gasteiger partial charge < -0.3 is 9.47 Å². The largest absolute Gasteiger partial charge is 0.477 e. The number of hydrogen-bond acceptors (Lipinski definition) is 7. The van der Waals surface area contributed by atoms with Crippen LogP contribution in [0.2, 0.25) is 5.02 Å². The van der Waals surface area contributed by atoms with Crippen LogP contribution in [0.1, 0.15) is 15.9 Å². The number of rotatable bonds is 8. The van der Waals surface area contributed by atoms with Crippen LogP contribution < -0.4 is 14.9 Å². The molecule has 3 aromatic carbocycles. The van der Waals surface area contributed by atoms with Gasteiger partial charge in [0.25, 0.3) is 5.91 Å². The standard InChI is InChI=1S/C22H16ClN3O6/c23-17-11-9-15(10-12-17)22(28)32-19-7-3-1-5-16(19)13-24-25-21(27)14-31-20-8-4-2-6-18(20)26(29)30/h1-13H,14H2,(H,25,27). The first-order valence-electron chi connectivity index (χ1n) is 9.19. The smallest absolute Gasteiger partial charge is 0.343 e. The van der Waals surface area contributed by atoms with Gasteiger partial charge in [-0.05, 0) is 42.5 Å². The molecule has 10 heteroatoms. The Morgan fingerprint density at radius 3 is 2.38 bits per heavy atom. The van der Waals surface area contributed by atoms with E-state index in [1.807, 2.05) is 0 Å². The quantitative estimate of drug-likeness (QED) is 0.181. The van der Waals surface area contributed by atoms with E-state index < -0.39 is 23.4 Å². The zero-order valence-corrected chi connectivity index (χ0v) is 17.2. The van der Waals surface area contributed by atoms with Crippen molar-refractivity contribution in [2.45, 2.75) is 0 Å². The molecule has 0 fully saturated rings. The van der Waals surface area contributed by atoms with E-state index in [4.69, 9.17) is 21.1 Å². The van der Waals surface area contributed by atoms with Gasteiger partial charge in [-0.2, -0.15) is 5.10 Å². The minimum Gasteiger partial charge on any atom is -0.477 e. The molecule has 0 unspecified atom stereocenters. The second kappa shape index (κ2) is 10.7. The average Bonchev–Trinajstić information content (AvgIpc) is 2.79. The Morgan fingerprint density at radius 2 is 1.66 bits per heavy atom. The molecule has 0 bridgehead atoms. The monoisotopic (exact) mass is 453 g/mol. The van der Waals surface area contributed by atoms with Gasteiger partial charge in [-0.1, -0.05) is 35.9 Å². The highest BCUT2D eigenvalue weighted by Gasteiger charge is 2.15. The molecule has 0 saturated carbocycles. The summed E-state index contributed by atoms with van der Waals surface area (Å²) < 4.78 is 10.6. The third-order valence-corrected chi connectivity index (χ3v) is 4.27. The molecule has 0 aliphatic rings. The Balaban J connectivity index is 1.59. The Kier molecular flexibility index (Phi) is 7.50. The molecule has 0 spiro atoms. The first-order chi connectivity index (χ1) is 15.4. The van der Waals surface area contributed by atoms with Crippen LogP contribution in [0.3, 0.4) is 0 Å². The predicted molar refractivity (Wildman–Crippen MR) is 117 cm³/mol. The first-order valence-corrected chi connectivity index (χ1v) is 9.57. The molecule has 0 atom stereocenters. The molecule has 3 rings (SSSR count). The first kappa shape index (κ1) is 22.4. The van der Waals surface area contributed by atoms with E-state index in [-0.39, 0.29) is 17.2 Å². The molecule has 9 nitrogen and oxygen atoms in total. The van der Waals surface area contributed by atoms with Gasteiger partial charge in [-0.3, -0.25) is 14.9 Å². The van der Waals surface area contributed by atoms with Gasteiger partial charge in [0.2, 0.25) is 0 Å². The van der Waals surface area contributed by atoms with Crippen molar-refractivity contribution in [1.29, 1.82) is 0 Å². The normalized spacial score (nSPS) is 10.5. The highest BCUT2D eigenvalue weighted by Crippen LogP contribution is 2.25. The van der Waals surface area contributed by atoms with E-state index in [1.165, 1.54) is 24.4 Å². The van der Waals surface area contributed by atoms with Crippen LogP contribution in [0.4, 0.5) is 5.69 Å². The van der Waals surface area contributed by atoms with Crippen LogP contribution in [-0.4, -0.2) is 29.6 Å². The maximum absolute atomic E-state index is 12.3. The lowest BCUT2D eigenvalue weighted by molar-refractivity contribution is -0.385. The Bertz CT molecular complexity index is 1160. The van der Waals surface area contributed by atoms with Crippen molar-refractivity contribution in [3.05, 3.63) is 99.1 Å². The van der Waals surface area contributed by atoms with E-state index >= 15 is 0 Å². The molecular formula is C22H16ClN3O6. The summed E-state index contributed by atoms with van der Waals surface area (Å²) in [6.45, 7) is -0.477. The molecule has 3 aromatic rings. The second-order valence-electron chi connectivity index (χ2n) is 6.24. The molecule has 0 radical (unpaired) electrons. The summed E-state index contributed by atoms with van der Waals surface area (Å²) in [4.78, 5) is 34.6. The minimum absolute atomic E-state index is 0.0314. The number of esters is 1. The van der Waals surface area contributed by atoms with Gasteiger partial charge in [-0.15, -0.1) is 0 Å². The fraction of sp³-hybridized carbons (Fsp3) is 0.0455. The zero-order valence-electron chi connectivity index (χ0n) is 16.4. The minimum atomic E-state index is -0.630. The highest BCUT2D eigenvalue weighted by molar-refractivity contribution is 6.30. The number of hydrogen-bond donors (Lipinski definition) is 1. The van der Waals surface area contributed by atoms with Crippen molar-refractivity contribution in [2.75, 3.05) is 6.61 Å². The maximum Gasteiger partial charge on any atom is 0.343 e. The fourth-order valence-corrected chi connectivity index (χ4v) is 2.63. The Hall–Kier alpha value is -4.24. The molecule has 32 heavy (non-hydrogen) atoms. The third kappa shape index (κ3) is 6.13. The number of nitro groups is 1. The summed E-state index contributed by atoms with van der Waals surface area (Å²) in [5.41, 5.74) is 2.76. The molecule has 0 saturated heterocycles. The molecule has 1 N–H and O–H groups in total. The number of carbonyl (C=O) groups excluding carboxylic acids is 2. The fourth-order valence-electron chi connectivity index (χ4n) is 2.50. The number of nitrogens with one attached hydrogen (secondary N) is 1. The van der Waals surface area contributed by atoms with Gasteiger partial charge in [0.05, 0.1) is 16.7 Å². The van der Waals surface area contributed by atoms with Crippen molar-refractivity contribution in [3.8, 4) is 11.5 Å². The Morgan fingerprint density at radius 1 is 1.00 bits per heavy atom. The van der Waals surface area contributed by atoms with E-state index in [0.717, 1.165) is 0 Å². The lowest BCUT2D eigenvalue weighted by atomic mass is 10.2. The lowest BCUT2D eigenvalue weighted by Gasteiger charge is -2.07. The second-order valence-corrected chi connectivity index (χ2v) is 6.68. The topological polar surface area (TPSA) is 120 Å². The van der Waals surface area contributed by atoms with Gasteiger partial charge in [-0.25, -0.2) is 10.2 Å². The summed E-state index contributed by atoms with van der Waals surface area (Å²) in [6, 6.07) is 18.6. The Labute approximate surface area is 187 Å². The van der Waals surface area contributed by atoms with Crippen molar-refractivity contribution < 1.29 is 24.0 Å². The van der Waals surface area contributed by atoms with Crippen LogP contribution in [0.5, 0.6) is 11.5 Å². The van der Waals surface area contributed by atoms with Crippen LogP contribution in [0.15, 0.2) is 77.9 Å². The van der Waals surface area contributed by atoms with E-state index in [1.54, 1.807) is 54.6 Å². The number of nitro benzene ring substituents is 1. The van der Waals surface area contributed by atoms with Crippen LogP contribution in [0.25, 0.3) is 0 Å². The summed E-state index contributed by atoms with van der Waals surface area (Å²) in [6.07, 6.45) is 1.30. The van der Waals surface area contributed by atoms with Crippen LogP contribution in [0, 0.1) is 10.1 Å². The van der Waals surface area contributed by atoms with Crippen LogP contribution in [-0.2, 0) is 4.79 Å². The number of hydrazone groups is 1. The number of carbonyl (C=O) groups is 2. The predicted octanol–water partition coefficient (Wildman–Crippen LogP) is 4.00. The molecule has 0 aromatic heterocycles. The SMILES string of the molecule is O=C(COc1ccccc1[N+](=O)[O-])NN=Cc1ccccc1OC(=O)c1ccc(Cl)cc1. The average molecular weight is 454 g/mol. The number of nitrogens with zero attached hydrogens (tertiary/aromatic N) is 2. The van der Waals surface area contributed by atoms with Crippen molar-refractivity contribution in [2.24, 2.45) is 5.10 Å². The lowest BCUT2D eigenvalue weighted by Crippen LogP contribution is -2.24. The summed E-state index contributed by atoms with van der Waals surface area (Å²) >= 11 is 5.82. The molecule has 0 aliphatic carbocycles. The number of halogens is 1. The van der Waals surface area contributed by atoms with Gasteiger partial charge >= 0.3 is 11.7 Å². The number of benzene rings is 3. The van der Waals surface area contributed by atoms with Crippen molar-refractivity contribution in [1.82, 2.24) is 5.43 Å². The van der Waals surface area contributed by atoms with Gasteiger partial charge in [0, 0.05) is 16.7 Å². The molecule has 162 valence electrons. The van der Waals surface area contributed by atoms with E-state index in [9.17, 15) is 19.7 Å². The molecule has 1 amide bonds. The van der Waals surface area contributed by atoms with E-state index in [0.29, 0.717) is 16.1 Å². The zero-order chi connectivity index (χ0) is 22.9.